The molecule has 1 heterocycles. The highest BCUT2D eigenvalue weighted by atomic mass is 32.1. The molecule has 0 aliphatic rings. The van der Waals surface area contributed by atoms with Crippen LogP contribution >= 0.6 is 11.3 Å². The highest BCUT2D eigenvalue weighted by molar-refractivity contribution is 7.10. The molecule has 2 aromatic rings. The number of carbonyl (C=O) groups is 1. The number of ether oxygens (including phenoxy) is 1. The molecule has 2 rings (SSSR count). The first-order chi connectivity index (χ1) is 8.31. The molecule has 0 fully saturated rings. The van der Waals surface area contributed by atoms with Crippen LogP contribution in [-0.2, 0) is 9.53 Å². The minimum Gasteiger partial charge on any atom is -0.465 e. The summed E-state index contributed by atoms with van der Waals surface area (Å²) in [5.41, 5.74) is 1.45. The largest absolute Gasteiger partial charge is 0.465 e. The molecular weight excluding hydrogens is 232 g/mol. The van der Waals surface area contributed by atoms with Gasteiger partial charge in [-0.3, -0.25) is 0 Å². The Morgan fingerprint density at radius 1 is 1.18 bits per heavy atom. The second-order valence-electron chi connectivity index (χ2n) is 3.43. The average Bonchev–Trinajstić information content (AvgIpc) is 2.89. The zero-order chi connectivity index (χ0) is 12.1. The summed E-state index contributed by atoms with van der Waals surface area (Å²) in [6.07, 6.45) is 1.85. The van der Waals surface area contributed by atoms with Crippen LogP contribution in [0.4, 0.5) is 0 Å². The number of methoxy groups -OCH3 is 1. The van der Waals surface area contributed by atoms with Crippen molar-refractivity contribution >= 4 is 29.0 Å². The molecule has 0 radical (unpaired) electrons. The van der Waals surface area contributed by atoms with Gasteiger partial charge in [0, 0.05) is 4.88 Å². The molecule has 86 valence electrons. The third-order valence-corrected chi connectivity index (χ3v) is 3.14. The lowest BCUT2D eigenvalue weighted by Gasteiger charge is -2.04. The first kappa shape index (κ1) is 11.6. The summed E-state index contributed by atoms with van der Waals surface area (Å²) in [5, 5.41) is 1.98. The second kappa shape index (κ2) is 5.46. The summed E-state index contributed by atoms with van der Waals surface area (Å²) < 4.78 is 4.81. The summed E-state index contributed by atoms with van der Waals surface area (Å²) in [7, 11) is 1.40. The smallest absolute Gasteiger partial charge is 0.338 e. The number of rotatable bonds is 3. The number of hydrogen-bond acceptors (Lipinski definition) is 3. The van der Waals surface area contributed by atoms with E-state index in [-0.39, 0.29) is 5.97 Å². The van der Waals surface area contributed by atoms with Gasteiger partial charge in [-0.25, -0.2) is 4.79 Å². The molecule has 0 amide bonds. The van der Waals surface area contributed by atoms with Crippen LogP contribution in [0.1, 0.15) is 10.4 Å². The van der Waals surface area contributed by atoms with E-state index in [4.69, 9.17) is 4.74 Å². The molecule has 0 unspecified atom stereocenters. The Balaban J connectivity index is 2.43. The van der Waals surface area contributed by atoms with Gasteiger partial charge in [-0.05, 0) is 23.1 Å². The molecule has 2 nitrogen and oxygen atoms in total. The fourth-order valence-corrected chi connectivity index (χ4v) is 2.16. The van der Waals surface area contributed by atoms with Gasteiger partial charge < -0.3 is 4.74 Å². The first-order valence-corrected chi connectivity index (χ1v) is 6.08. The van der Waals surface area contributed by atoms with Crippen molar-refractivity contribution < 1.29 is 9.53 Å². The average molecular weight is 244 g/mol. The standard InChI is InChI=1S/C14H12O2S/c1-16-14(15)13(10-12-8-5-9-17-12)11-6-3-2-4-7-11/h2-10H,1H3/b13-10-. The number of thiophene rings is 1. The van der Waals surface area contributed by atoms with Crippen molar-refractivity contribution in [2.75, 3.05) is 7.11 Å². The fourth-order valence-electron chi connectivity index (χ4n) is 1.50. The van der Waals surface area contributed by atoms with E-state index in [9.17, 15) is 4.79 Å². The first-order valence-electron chi connectivity index (χ1n) is 5.20. The summed E-state index contributed by atoms with van der Waals surface area (Å²) in [5.74, 6) is -0.315. The second-order valence-corrected chi connectivity index (χ2v) is 4.41. The van der Waals surface area contributed by atoms with Crippen LogP contribution < -0.4 is 0 Å². The van der Waals surface area contributed by atoms with Crippen molar-refractivity contribution in [1.82, 2.24) is 0 Å². The van der Waals surface area contributed by atoms with Gasteiger partial charge in [0.15, 0.2) is 0 Å². The zero-order valence-corrected chi connectivity index (χ0v) is 10.2. The van der Waals surface area contributed by atoms with Gasteiger partial charge in [-0.1, -0.05) is 36.4 Å². The highest BCUT2D eigenvalue weighted by Gasteiger charge is 2.11. The Kier molecular flexibility index (Phi) is 3.73. The van der Waals surface area contributed by atoms with Gasteiger partial charge >= 0.3 is 5.97 Å². The van der Waals surface area contributed by atoms with Crippen molar-refractivity contribution in [2.45, 2.75) is 0 Å². The maximum Gasteiger partial charge on any atom is 0.338 e. The van der Waals surface area contributed by atoms with Crippen molar-refractivity contribution in [3.8, 4) is 0 Å². The summed E-state index contributed by atoms with van der Waals surface area (Å²) >= 11 is 1.59. The molecule has 0 saturated carbocycles. The van der Waals surface area contributed by atoms with E-state index >= 15 is 0 Å². The molecular formula is C14H12O2S. The van der Waals surface area contributed by atoms with Gasteiger partial charge in [0.1, 0.15) is 0 Å². The minimum absolute atomic E-state index is 0.315. The van der Waals surface area contributed by atoms with E-state index in [0.29, 0.717) is 5.57 Å². The minimum atomic E-state index is -0.315. The number of esters is 1. The van der Waals surface area contributed by atoms with Crippen LogP contribution in [0, 0.1) is 0 Å². The third kappa shape index (κ3) is 2.82. The molecule has 0 saturated heterocycles. The Morgan fingerprint density at radius 2 is 1.94 bits per heavy atom. The number of hydrogen-bond donors (Lipinski definition) is 0. The quantitative estimate of drug-likeness (QED) is 0.610. The monoisotopic (exact) mass is 244 g/mol. The van der Waals surface area contributed by atoms with E-state index in [1.807, 2.05) is 53.9 Å². The van der Waals surface area contributed by atoms with Gasteiger partial charge in [-0.15, -0.1) is 11.3 Å². The van der Waals surface area contributed by atoms with Crippen molar-refractivity contribution in [2.24, 2.45) is 0 Å². The van der Waals surface area contributed by atoms with Crippen molar-refractivity contribution in [3.63, 3.8) is 0 Å². The Bertz CT molecular complexity index is 512. The van der Waals surface area contributed by atoms with Gasteiger partial charge in [-0.2, -0.15) is 0 Å². The molecule has 0 aliphatic heterocycles. The van der Waals surface area contributed by atoms with Crippen LogP contribution in [0.3, 0.4) is 0 Å². The van der Waals surface area contributed by atoms with E-state index in [1.165, 1.54) is 7.11 Å². The van der Waals surface area contributed by atoms with Crippen LogP contribution in [0.25, 0.3) is 11.6 Å². The Labute approximate surface area is 104 Å². The zero-order valence-electron chi connectivity index (χ0n) is 9.42. The van der Waals surface area contributed by atoms with Gasteiger partial charge in [0.25, 0.3) is 0 Å². The van der Waals surface area contributed by atoms with E-state index in [0.717, 1.165) is 10.4 Å². The third-order valence-electron chi connectivity index (χ3n) is 2.32. The predicted molar refractivity (Wildman–Crippen MR) is 70.6 cm³/mol. The Hall–Kier alpha value is -1.87. The molecule has 3 heteroatoms. The summed E-state index contributed by atoms with van der Waals surface area (Å²) in [6.45, 7) is 0. The van der Waals surface area contributed by atoms with Crippen LogP contribution in [0.2, 0.25) is 0 Å². The number of carbonyl (C=O) groups excluding carboxylic acids is 1. The lowest BCUT2D eigenvalue weighted by atomic mass is 10.1. The molecule has 1 aromatic heterocycles. The van der Waals surface area contributed by atoms with Crippen LogP contribution in [-0.4, -0.2) is 13.1 Å². The van der Waals surface area contributed by atoms with E-state index < -0.39 is 0 Å². The van der Waals surface area contributed by atoms with Crippen molar-refractivity contribution in [3.05, 3.63) is 58.3 Å². The predicted octanol–water partition coefficient (Wildman–Crippen LogP) is 3.46. The maximum atomic E-state index is 11.8. The Morgan fingerprint density at radius 3 is 2.53 bits per heavy atom. The molecule has 17 heavy (non-hydrogen) atoms. The van der Waals surface area contributed by atoms with Crippen LogP contribution in [0.15, 0.2) is 47.8 Å². The summed E-state index contributed by atoms with van der Waals surface area (Å²) in [6, 6.07) is 13.4. The molecule has 0 spiro atoms. The van der Waals surface area contributed by atoms with Crippen LogP contribution in [0.5, 0.6) is 0 Å². The van der Waals surface area contributed by atoms with E-state index in [2.05, 4.69) is 0 Å². The van der Waals surface area contributed by atoms with Gasteiger partial charge in [0.05, 0.1) is 12.7 Å². The lowest BCUT2D eigenvalue weighted by molar-refractivity contribution is -0.133. The molecule has 0 bridgehead atoms. The molecule has 0 atom stereocenters. The molecule has 1 aromatic carbocycles. The molecule has 0 aliphatic carbocycles. The van der Waals surface area contributed by atoms with E-state index in [1.54, 1.807) is 11.3 Å². The van der Waals surface area contributed by atoms with Gasteiger partial charge in [0.2, 0.25) is 0 Å². The number of benzene rings is 1. The lowest BCUT2D eigenvalue weighted by Crippen LogP contribution is -2.03. The molecule has 0 N–H and O–H groups in total. The topological polar surface area (TPSA) is 26.3 Å². The highest BCUT2D eigenvalue weighted by Crippen LogP contribution is 2.21. The maximum absolute atomic E-state index is 11.8. The van der Waals surface area contributed by atoms with Crippen molar-refractivity contribution in [1.29, 1.82) is 0 Å². The SMILES string of the molecule is COC(=O)/C(=C\c1cccs1)c1ccccc1. The normalized spacial score (nSPS) is 11.2. The summed E-state index contributed by atoms with van der Waals surface area (Å²) in [4.78, 5) is 12.8. The fraction of sp³-hybridized carbons (Fsp3) is 0.0714.